The summed E-state index contributed by atoms with van der Waals surface area (Å²) in [5.41, 5.74) is 0.0481. The van der Waals surface area contributed by atoms with E-state index in [4.69, 9.17) is 21.1 Å². The van der Waals surface area contributed by atoms with Crippen LogP contribution >= 0.6 is 11.6 Å². The zero-order valence-electron chi connectivity index (χ0n) is 16.7. The smallest absolute Gasteiger partial charge is 0.415 e. The first-order chi connectivity index (χ1) is 13.1. The van der Waals surface area contributed by atoms with E-state index in [0.717, 1.165) is 12.8 Å². The average Bonchev–Trinajstić information content (AvgIpc) is 2.99. The van der Waals surface area contributed by atoms with Crippen LogP contribution in [0.3, 0.4) is 0 Å². The summed E-state index contributed by atoms with van der Waals surface area (Å²) in [4.78, 5) is 30.8. The largest absolute Gasteiger partial charge is 0.443 e. The molecule has 0 bridgehead atoms. The molecule has 28 heavy (non-hydrogen) atoms. The van der Waals surface area contributed by atoms with Gasteiger partial charge < -0.3 is 9.47 Å². The molecule has 0 N–H and O–H groups in total. The molecule has 2 aromatic heterocycles. The van der Waals surface area contributed by atoms with Crippen molar-refractivity contribution in [2.24, 2.45) is 5.92 Å². The summed E-state index contributed by atoms with van der Waals surface area (Å²) in [6, 6.07) is 1.51. The molecule has 0 aliphatic heterocycles. The van der Waals surface area contributed by atoms with Crippen LogP contribution in [0.25, 0.3) is 5.65 Å². The summed E-state index contributed by atoms with van der Waals surface area (Å²) in [5, 5.41) is 4.42. The molecule has 0 aromatic carbocycles. The predicted octanol–water partition coefficient (Wildman–Crippen LogP) is 3.75. The number of anilines is 1. The molecule has 2 atom stereocenters. The van der Waals surface area contributed by atoms with Crippen molar-refractivity contribution in [1.29, 1.82) is 0 Å². The van der Waals surface area contributed by atoms with Crippen molar-refractivity contribution < 1.29 is 19.1 Å². The van der Waals surface area contributed by atoms with Crippen molar-refractivity contribution in [3.8, 4) is 0 Å². The number of carbonyl (C=O) groups is 2. The maximum Gasteiger partial charge on any atom is 0.415 e. The monoisotopic (exact) mass is 408 g/mol. The van der Waals surface area contributed by atoms with Gasteiger partial charge >= 0.3 is 6.09 Å². The van der Waals surface area contributed by atoms with Gasteiger partial charge in [0.2, 0.25) is 0 Å². The van der Waals surface area contributed by atoms with Crippen molar-refractivity contribution in [2.45, 2.75) is 51.7 Å². The van der Waals surface area contributed by atoms with Gasteiger partial charge in [-0.15, -0.1) is 0 Å². The Morgan fingerprint density at radius 2 is 2.07 bits per heavy atom. The number of Topliss-reactive ketones (excluding diaryl/α,β-unsaturated/α-hetero) is 1. The van der Waals surface area contributed by atoms with E-state index >= 15 is 0 Å². The number of carbonyl (C=O) groups excluding carboxylic acids is 2. The first-order valence-electron chi connectivity index (χ1n) is 9.17. The number of amides is 1. The highest BCUT2D eigenvalue weighted by Gasteiger charge is 2.33. The molecule has 1 fully saturated rings. The summed E-state index contributed by atoms with van der Waals surface area (Å²) in [7, 11) is 3.22. The number of halogens is 1. The Kier molecular flexibility index (Phi) is 5.63. The van der Waals surface area contributed by atoms with E-state index in [2.05, 4.69) is 10.1 Å². The van der Waals surface area contributed by atoms with E-state index in [0.29, 0.717) is 23.4 Å². The molecular weight excluding hydrogens is 384 g/mol. The molecule has 2 aromatic rings. The lowest BCUT2D eigenvalue weighted by Gasteiger charge is -2.34. The highest BCUT2D eigenvalue weighted by atomic mass is 35.5. The Morgan fingerprint density at radius 1 is 1.36 bits per heavy atom. The zero-order chi connectivity index (χ0) is 20.6. The molecule has 1 unspecified atom stereocenters. The summed E-state index contributed by atoms with van der Waals surface area (Å²) >= 11 is 6.17. The van der Waals surface area contributed by atoms with Crippen LogP contribution in [0, 0.1) is 5.92 Å². The second kappa shape index (κ2) is 7.67. The quantitative estimate of drug-likeness (QED) is 0.553. The lowest BCUT2D eigenvalue weighted by molar-refractivity contribution is -0.0171. The molecule has 0 radical (unpaired) electrons. The van der Waals surface area contributed by atoms with Gasteiger partial charge in [-0.25, -0.2) is 9.78 Å². The number of methoxy groups -OCH3 is 1. The molecular formula is C19H25ClN4O4. The zero-order valence-corrected chi connectivity index (χ0v) is 17.5. The first-order valence-corrected chi connectivity index (χ1v) is 9.55. The molecule has 0 saturated heterocycles. The van der Waals surface area contributed by atoms with E-state index < -0.39 is 11.7 Å². The third kappa shape index (κ3) is 4.12. The van der Waals surface area contributed by atoms with Gasteiger partial charge in [0.25, 0.3) is 0 Å². The number of ketones is 1. The van der Waals surface area contributed by atoms with E-state index in [1.807, 2.05) is 0 Å². The van der Waals surface area contributed by atoms with Gasteiger partial charge in [-0.05, 0) is 39.5 Å². The summed E-state index contributed by atoms with van der Waals surface area (Å²) < 4.78 is 12.2. The molecule has 0 spiro atoms. The van der Waals surface area contributed by atoms with Crippen molar-refractivity contribution in [1.82, 2.24) is 14.6 Å². The van der Waals surface area contributed by atoms with E-state index in [1.54, 1.807) is 34.9 Å². The fourth-order valence-electron chi connectivity index (χ4n) is 3.21. The summed E-state index contributed by atoms with van der Waals surface area (Å²) in [6.45, 7) is 5.35. The third-order valence-corrected chi connectivity index (χ3v) is 5.02. The van der Waals surface area contributed by atoms with Crippen molar-refractivity contribution in [3.63, 3.8) is 0 Å². The fourth-order valence-corrected chi connectivity index (χ4v) is 3.39. The number of hydrogen-bond donors (Lipinski definition) is 0. The van der Waals surface area contributed by atoms with E-state index in [1.165, 1.54) is 21.7 Å². The third-order valence-electron chi connectivity index (χ3n) is 4.83. The second-order valence-corrected chi connectivity index (χ2v) is 8.40. The van der Waals surface area contributed by atoms with Crippen molar-refractivity contribution in [2.75, 3.05) is 19.1 Å². The molecule has 1 aliphatic rings. The van der Waals surface area contributed by atoms with Gasteiger partial charge in [0, 0.05) is 26.6 Å². The van der Waals surface area contributed by atoms with Crippen LogP contribution < -0.4 is 4.90 Å². The van der Waals surface area contributed by atoms with Crippen LogP contribution in [0.2, 0.25) is 5.15 Å². The Bertz CT molecular complexity index is 903. The highest BCUT2D eigenvalue weighted by Crippen LogP contribution is 2.34. The Morgan fingerprint density at radius 3 is 2.64 bits per heavy atom. The van der Waals surface area contributed by atoms with Gasteiger partial charge in [0.1, 0.15) is 16.6 Å². The van der Waals surface area contributed by atoms with Crippen LogP contribution in [0.15, 0.2) is 12.3 Å². The molecule has 152 valence electrons. The van der Waals surface area contributed by atoms with Crippen LogP contribution in [-0.2, 0) is 9.47 Å². The molecule has 9 heteroatoms. The summed E-state index contributed by atoms with van der Waals surface area (Å²) in [5.74, 6) is 0.500. The average molecular weight is 409 g/mol. The summed E-state index contributed by atoms with van der Waals surface area (Å²) in [6.07, 6.45) is 3.33. The molecule has 2 heterocycles. The first kappa shape index (κ1) is 20.5. The van der Waals surface area contributed by atoms with E-state index in [-0.39, 0.29) is 23.0 Å². The minimum absolute atomic E-state index is 0.0672. The minimum Gasteiger partial charge on any atom is -0.443 e. The Hall–Kier alpha value is -2.19. The maximum absolute atomic E-state index is 12.8. The fraction of sp³-hybridized carbons (Fsp3) is 0.579. The number of rotatable bonds is 5. The van der Waals surface area contributed by atoms with Crippen molar-refractivity contribution in [3.05, 3.63) is 23.0 Å². The number of aromatic nitrogens is 3. The standard InChI is InChI=1S/C19H25ClN4O4/c1-19(2,3)28-18(26)23(4)16-9-15(20)22-17-12(10-21-24(16)17)13(25)8-11-6-7-14(11)27-5/h9-11,14H,6-8H2,1-5H3/t11?,14-/m1/s1. The van der Waals surface area contributed by atoms with Crippen LogP contribution in [0.4, 0.5) is 10.6 Å². The molecule has 1 aliphatic carbocycles. The SMILES string of the molecule is CO[C@@H]1CCC1CC(=O)c1cnn2c(N(C)C(=O)OC(C)(C)C)cc(Cl)nc12. The van der Waals surface area contributed by atoms with Gasteiger partial charge in [0.15, 0.2) is 11.4 Å². The molecule has 8 nitrogen and oxygen atoms in total. The second-order valence-electron chi connectivity index (χ2n) is 8.01. The lowest BCUT2D eigenvalue weighted by Crippen LogP contribution is -2.35. The molecule has 1 saturated carbocycles. The molecule has 1 amide bonds. The van der Waals surface area contributed by atoms with Crippen LogP contribution in [0.1, 0.15) is 50.4 Å². The topological polar surface area (TPSA) is 86.0 Å². The normalized spacial score (nSPS) is 19.4. The predicted molar refractivity (Wildman–Crippen MR) is 105 cm³/mol. The lowest BCUT2D eigenvalue weighted by atomic mass is 9.78. The van der Waals surface area contributed by atoms with Gasteiger partial charge in [-0.3, -0.25) is 9.69 Å². The number of hydrogen-bond acceptors (Lipinski definition) is 6. The Labute approximate surface area is 168 Å². The Balaban J connectivity index is 1.90. The van der Waals surface area contributed by atoms with Gasteiger partial charge in [-0.2, -0.15) is 9.61 Å². The maximum atomic E-state index is 12.8. The van der Waals surface area contributed by atoms with Gasteiger partial charge in [-0.1, -0.05) is 11.6 Å². The van der Waals surface area contributed by atoms with Crippen LogP contribution in [0.5, 0.6) is 0 Å². The van der Waals surface area contributed by atoms with Crippen molar-refractivity contribution >= 4 is 34.9 Å². The van der Waals surface area contributed by atoms with Crippen LogP contribution in [-0.4, -0.2) is 52.3 Å². The number of nitrogens with zero attached hydrogens (tertiary/aromatic N) is 4. The highest BCUT2D eigenvalue weighted by molar-refractivity contribution is 6.30. The number of ether oxygens (including phenoxy) is 2. The number of fused-ring (bicyclic) bond motifs is 1. The minimum atomic E-state index is -0.646. The van der Waals surface area contributed by atoms with Gasteiger partial charge in [0.05, 0.1) is 17.9 Å². The molecule has 3 rings (SSSR count). The van der Waals surface area contributed by atoms with E-state index in [9.17, 15) is 9.59 Å².